The van der Waals surface area contributed by atoms with Crippen LogP contribution in [-0.2, 0) is 28.5 Å². The molecular formula is C17H27NO6. The van der Waals surface area contributed by atoms with Crippen LogP contribution in [0.4, 0.5) is 0 Å². The SMILES string of the molecule is CCOCCOC(=O)C1=C(C)N=C(C)C(C(=O)OCCOCC)C1. The standard InChI is InChI=1S/C17H27NO6/c1-5-21-7-9-23-16(19)14-11-15(13(4)18-12(14)3)17(20)24-10-8-22-6-2/h14H,5-11H2,1-4H3. The van der Waals surface area contributed by atoms with Crippen molar-refractivity contribution in [2.75, 3.05) is 39.6 Å². The molecule has 0 bridgehead atoms. The molecule has 0 aromatic rings. The summed E-state index contributed by atoms with van der Waals surface area (Å²) in [7, 11) is 0. The van der Waals surface area contributed by atoms with Crippen molar-refractivity contribution in [1.82, 2.24) is 0 Å². The van der Waals surface area contributed by atoms with E-state index in [0.717, 1.165) is 0 Å². The highest BCUT2D eigenvalue weighted by Gasteiger charge is 2.31. The number of carbonyl (C=O) groups excluding carboxylic acids is 2. The third-order valence-electron chi connectivity index (χ3n) is 3.57. The summed E-state index contributed by atoms with van der Waals surface area (Å²) in [6.07, 6.45) is 0.238. The molecule has 1 rings (SSSR count). The van der Waals surface area contributed by atoms with Crippen molar-refractivity contribution in [2.45, 2.75) is 34.1 Å². The number of rotatable bonds is 10. The second kappa shape index (κ2) is 10.9. The van der Waals surface area contributed by atoms with Crippen LogP contribution >= 0.6 is 0 Å². The molecule has 24 heavy (non-hydrogen) atoms. The summed E-state index contributed by atoms with van der Waals surface area (Å²) in [5.74, 6) is -1.43. The number of allylic oxidation sites excluding steroid dienone is 1. The molecule has 0 radical (unpaired) electrons. The number of hydrogen-bond donors (Lipinski definition) is 0. The summed E-state index contributed by atoms with van der Waals surface area (Å²) in [5.41, 5.74) is 1.62. The lowest BCUT2D eigenvalue weighted by Crippen LogP contribution is -2.30. The molecular weight excluding hydrogens is 314 g/mol. The van der Waals surface area contributed by atoms with Crippen molar-refractivity contribution in [3.63, 3.8) is 0 Å². The average Bonchev–Trinajstić information content (AvgIpc) is 2.55. The van der Waals surface area contributed by atoms with Crippen LogP contribution in [0.15, 0.2) is 16.3 Å². The van der Waals surface area contributed by atoms with Gasteiger partial charge in [0.1, 0.15) is 13.2 Å². The maximum atomic E-state index is 12.2. The van der Waals surface area contributed by atoms with Gasteiger partial charge in [-0.1, -0.05) is 0 Å². The van der Waals surface area contributed by atoms with Crippen molar-refractivity contribution < 1.29 is 28.5 Å². The number of carbonyl (C=O) groups is 2. The van der Waals surface area contributed by atoms with Crippen LogP contribution in [-0.4, -0.2) is 57.3 Å². The minimum Gasteiger partial charge on any atom is -0.463 e. The summed E-state index contributed by atoms with van der Waals surface area (Å²) in [6, 6.07) is 0. The molecule has 0 amide bonds. The van der Waals surface area contributed by atoms with Gasteiger partial charge in [0.2, 0.25) is 0 Å². The average molecular weight is 341 g/mol. The molecule has 7 heteroatoms. The summed E-state index contributed by atoms with van der Waals surface area (Å²) < 4.78 is 20.6. The number of aliphatic imine (C=N–C) groups is 1. The molecule has 136 valence electrons. The summed E-state index contributed by atoms with van der Waals surface area (Å²) >= 11 is 0. The Hall–Kier alpha value is -1.73. The van der Waals surface area contributed by atoms with E-state index in [2.05, 4.69) is 4.99 Å². The Morgan fingerprint density at radius 3 is 2.17 bits per heavy atom. The smallest absolute Gasteiger partial charge is 0.335 e. The van der Waals surface area contributed by atoms with Gasteiger partial charge in [0.15, 0.2) is 0 Å². The third kappa shape index (κ3) is 6.41. The highest BCUT2D eigenvalue weighted by Crippen LogP contribution is 2.26. The molecule has 0 saturated heterocycles. The monoisotopic (exact) mass is 341 g/mol. The number of ether oxygens (including phenoxy) is 4. The van der Waals surface area contributed by atoms with E-state index in [9.17, 15) is 9.59 Å². The fraction of sp³-hybridized carbons (Fsp3) is 0.706. The van der Waals surface area contributed by atoms with Crippen LogP contribution in [0.5, 0.6) is 0 Å². The molecule has 1 aliphatic rings. The highest BCUT2D eigenvalue weighted by atomic mass is 16.6. The van der Waals surface area contributed by atoms with E-state index in [1.807, 2.05) is 13.8 Å². The van der Waals surface area contributed by atoms with Crippen LogP contribution in [0, 0.1) is 5.92 Å². The first-order chi connectivity index (χ1) is 11.5. The third-order valence-corrected chi connectivity index (χ3v) is 3.57. The molecule has 1 unspecified atom stereocenters. The molecule has 1 heterocycles. The molecule has 0 aromatic carbocycles. The predicted molar refractivity (Wildman–Crippen MR) is 88.8 cm³/mol. The van der Waals surface area contributed by atoms with Crippen molar-refractivity contribution in [2.24, 2.45) is 10.9 Å². The molecule has 0 saturated carbocycles. The molecule has 1 aliphatic heterocycles. The first-order valence-electron chi connectivity index (χ1n) is 8.25. The highest BCUT2D eigenvalue weighted by molar-refractivity contribution is 6.04. The Kier molecular flexibility index (Phi) is 9.26. The normalized spacial score (nSPS) is 17.5. The van der Waals surface area contributed by atoms with E-state index in [-0.39, 0.29) is 19.6 Å². The van der Waals surface area contributed by atoms with E-state index in [1.165, 1.54) is 0 Å². The van der Waals surface area contributed by atoms with Crippen LogP contribution < -0.4 is 0 Å². The molecule has 0 aromatic heterocycles. The number of nitrogens with zero attached hydrogens (tertiary/aromatic N) is 1. The topological polar surface area (TPSA) is 83.4 Å². The Balaban J connectivity index is 2.60. The van der Waals surface area contributed by atoms with Crippen molar-refractivity contribution >= 4 is 17.7 Å². The summed E-state index contributed by atoms with van der Waals surface area (Å²) in [5, 5.41) is 0. The molecule has 0 aliphatic carbocycles. The Labute approximate surface area is 143 Å². The van der Waals surface area contributed by atoms with E-state index in [0.29, 0.717) is 43.4 Å². The quantitative estimate of drug-likeness (QED) is 0.446. The minimum atomic E-state index is -0.565. The first-order valence-corrected chi connectivity index (χ1v) is 8.25. The number of esters is 2. The number of hydrogen-bond acceptors (Lipinski definition) is 7. The molecule has 0 N–H and O–H groups in total. The maximum Gasteiger partial charge on any atom is 0.335 e. The van der Waals surface area contributed by atoms with Gasteiger partial charge in [0.05, 0.1) is 24.7 Å². The van der Waals surface area contributed by atoms with Gasteiger partial charge < -0.3 is 18.9 Å². The van der Waals surface area contributed by atoms with Gasteiger partial charge in [0, 0.05) is 24.6 Å². The zero-order valence-corrected chi connectivity index (χ0v) is 14.9. The maximum absolute atomic E-state index is 12.2. The zero-order chi connectivity index (χ0) is 17.9. The summed E-state index contributed by atoms with van der Waals surface area (Å²) in [4.78, 5) is 28.7. The lowest BCUT2D eigenvalue weighted by molar-refractivity contribution is -0.147. The second-order valence-corrected chi connectivity index (χ2v) is 5.27. The van der Waals surface area contributed by atoms with Gasteiger partial charge in [-0.2, -0.15) is 0 Å². The van der Waals surface area contributed by atoms with E-state index in [4.69, 9.17) is 18.9 Å². The predicted octanol–water partition coefficient (Wildman–Crippen LogP) is 1.90. The van der Waals surface area contributed by atoms with Crippen molar-refractivity contribution in [1.29, 1.82) is 0 Å². The zero-order valence-electron chi connectivity index (χ0n) is 14.9. The van der Waals surface area contributed by atoms with Crippen LogP contribution in [0.3, 0.4) is 0 Å². The van der Waals surface area contributed by atoms with Crippen LogP contribution in [0.25, 0.3) is 0 Å². The molecule has 0 fully saturated rings. The van der Waals surface area contributed by atoms with Gasteiger partial charge in [-0.25, -0.2) is 4.79 Å². The van der Waals surface area contributed by atoms with E-state index >= 15 is 0 Å². The second-order valence-electron chi connectivity index (χ2n) is 5.27. The van der Waals surface area contributed by atoms with Gasteiger partial charge in [-0.3, -0.25) is 9.79 Å². The van der Waals surface area contributed by atoms with Crippen LogP contribution in [0.2, 0.25) is 0 Å². The Bertz CT molecular complexity index is 497. The fourth-order valence-electron chi connectivity index (χ4n) is 2.27. The molecule has 0 spiro atoms. The van der Waals surface area contributed by atoms with Crippen LogP contribution in [0.1, 0.15) is 34.1 Å². The van der Waals surface area contributed by atoms with Gasteiger partial charge in [-0.15, -0.1) is 0 Å². The lowest BCUT2D eigenvalue weighted by atomic mass is 9.91. The van der Waals surface area contributed by atoms with E-state index in [1.54, 1.807) is 13.8 Å². The first kappa shape index (κ1) is 20.3. The van der Waals surface area contributed by atoms with Crippen molar-refractivity contribution in [3.05, 3.63) is 11.3 Å². The Morgan fingerprint density at radius 1 is 1.00 bits per heavy atom. The van der Waals surface area contributed by atoms with Crippen molar-refractivity contribution in [3.8, 4) is 0 Å². The molecule has 1 atom stereocenters. The lowest BCUT2D eigenvalue weighted by Gasteiger charge is -2.22. The summed E-state index contributed by atoms with van der Waals surface area (Å²) in [6.45, 7) is 9.44. The molecule has 7 nitrogen and oxygen atoms in total. The van der Waals surface area contributed by atoms with E-state index < -0.39 is 17.9 Å². The minimum absolute atomic E-state index is 0.176. The largest absolute Gasteiger partial charge is 0.463 e. The van der Waals surface area contributed by atoms with Gasteiger partial charge in [0.25, 0.3) is 0 Å². The Morgan fingerprint density at radius 2 is 1.58 bits per heavy atom. The fourth-order valence-corrected chi connectivity index (χ4v) is 2.27. The van der Waals surface area contributed by atoms with Gasteiger partial charge in [-0.05, 0) is 34.1 Å². The van der Waals surface area contributed by atoms with Gasteiger partial charge >= 0.3 is 11.9 Å².